The number of amides is 1. The lowest BCUT2D eigenvalue weighted by Crippen LogP contribution is -2.23. The minimum Gasteiger partial charge on any atom is -0.324 e. The van der Waals surface area contributed by atoms with Crippen LogP contribution in [0.1, 0.15) is 50.4 Å². The van der Waals surface area contributed by atoms with Gasteiger partial charge in [0.15, 0.2) is 5.16 Å². The molecular formula is C17H18ClN5O3S. The van der Waals surface area contributed by atoms with Crippen molar-refractivity contribution in [3.05, 3.63) is 39.2 Å². The van der Waals surface area contributed by atoms with Gasteiger partial charge in [0, 0.05) is 24.1 Å². The van der Waals surface area contributed by atoms with Gasteiger partial charge in [-0.3, -0.25) is 14.9 Å². The van der Waals surface area contributed by atoms with Crippen molar-refractivity contribution in [3.63, 3.8) is 0 Å². The number of halogens is 1. The van der Waals surface area contributed by atoms with Crippen molar-refractivity contribution in [2.45, 2.75) is 55.0 Å². The molecule has 10 heteroatoms. The van der Waals surface area contributed by atoms with Gasteiger partial charge in [-0.05, 0) is 38.7 Å². The maximum atomic E-state index is 12.6. The number of nitrogens with zero attached hydrogens (tertiary/aromatic N) is 4. The highest BCUT2D eigenvalue weighted by atomic mass is 35.5. The van der Waals surface area contributed by atoms with Crippen molar-refractivity contribution < 1.29 is 9.72 Å². The number of hydrogen-bond donors (Lipinski definition) is 1. The molecule has 2 aromatic rings. The summed E-state index contributed by atoms with van der Waals surface area (Å²) in [4.78, 5) is 22.8. The summed E-state index contributed by atoms with van der Waals surface area (Å²) in [5.74, 6) is 1.32. The van der Waals surface area contributed by atoms with E-state index in [9.17, 15) is 14.9 Å². The predicted molar refractivity (Wildman–Crippen MR) is 102 cm³/mol. The molecule has 1 aromatic heterocycles. The number of aromatic nitrogens is 3. The molecule has 8 nitrogen and oxygen atoms in total. The Morgan fingerprint density at radius 3 is 2.70 bits per heavy atom. The van der Waals surface area contributed by atoms with Crippen LogP contribution in [-0.2, 0) is 4.79 Å². The van der Waals surface area contributed by atoms with E-state index in [2.05, 4.69) is 20.1 Å². The maximum Gasteiger partial charge on any atom is 0.271 e. The SMILES string of the molecule is CC(Sc1nnc(C2CC2)n1C1CC1)C(=O)Nc1ccc([N+](=O)[O-])cc1Cl. The van der Waals surface area contributed by atoms with Crippen molar-refractivity contribution in [1.82, 2.24) is 14.8 Å². The second-order valence-corrected chi connectivity index (χ2v) is 8.60. The summed E-state index contributed by atoms with van der Waals surface area (Å²) >= 11 is 7.42. The van der Waals surface area contributed by atoms with Gasteiger partial charge >= 0.3 is 0 Å². The third-order valence-corrected chi connectivity index (χ3v) is 5.99. The van der Waals surface area contributed by atoms with E-state index in [1.165, 1.54) is 30.0 Å². The molecule has 27 heavy (non-hydrogen) atoms. The molecule has 0 radical (unpaired) electrons. The summed E-state index contributed by atoms with van der Waals surface area (Å²) < 4.78 is 2.20. The molecule has 0 bridgehead atoms. The number of nitro benzene ring substituents is 1. The van der Waals surface area contributed by atoms with Crippen LogP contribution in [0.4, 0.5) is 11.4 Å². The molecule has 1 atom stereocenters. The number of carbonyl (C=O) groups excluding carboxylic acids is 1. The number of anilines is 1. The van der Waals surface area contributed by atoms with E-state index in [1.54, 1.807) is 6.92 Å². The van der Waals surface area contributed by atoms with Crippen molar-refractivity contribution in [2.75, 3.05) is 5.32 Å². The molecule has 2 aliphatic carbocycles. The Bertz CT molecular complexity index is 910. The molecule has 4 rings (SSSR count). The lowest BCUT2D eigenvalue weighted by Gasteiger charge is -2.14. The lowest BCUT2D eigenvalue weighted by atomic mass is 10.2. The number of nitrogens with one attached hydrogen (secondary N) is 1. The van der Waals surface area contributed by atoms with Crippen LogP contribution in [0.5, 0.6) is 0 Å². The van der Waals surface area contributed by atoms with Crippen LogP contribution in [0.3, 0.4) is 0 Å². The van der Waals surface area contributed by atoms with E-state index in [4.69, 9.17) is 11.6 Å². The quantitative estimate of drug-likeness (QED) is 0.419. The fourth-order valence-electron chi connectivity index (χ4n) is 2.83. The van der Waals surface area contributed by atoms with E-state index in [0.29, 0.717) is 17.6 Å². The van der Waals surface area contributed by atoms with E-state index in [0.717, 1.165) is 36.7 Å². The van der Waals surface area contributed by atoms with Gasteiger partial charge in [0.1, 0.15) is 5.82 Å². The molecule has 2 fully saturated rings. The van der Waals surface area contributed by atoms with Crippen LogP contribution >= 0.6 is 23.4 Å². The average molecular weight is 408 g/mol. The third kappa shape index (κ3) is 3.93. The monoisotopic (exact) mass is 407 g/mol. The largest absolute Gasteiger partial charge is 0.324 e. The fraction of sp³-hybridized carbons (Fsp3) is 0.471. The van der Waals surface area contributed by atoms with Gasteiger partial charge in [-0.1, -0.05) is 23.4 Å². The molecule has 1 aromatic carbocycles. The highest BCUT2D eigenvalue weighted by Crippen LogP contribution is 2.46. The first-order valence-electron chi connectivity index (χ1n) is 8.80. The molecule has 1 amide bonds. The Hall–Kier alpha value is -2.13. The van der Waals surface area contributed by atoms with Crippen LogP contribution < -0.4 is 5.32 Å². The van der Waals surface area contributed by atoms with E-state index in [1.807, 2.05) is 0 Å². The molecule has 2 aliphatic rings. The van der Waals surface area contributed by atoms with Gasteiger partial charge in [0.25, 0.3) is 5.69 Å². The first-order valence-corrected chi connectivity index (χ1v) is 10.1. The molecule has 0 aliphatic heterocycles. The van der Waals surface area contributed by atoms with Crippen LogP contribution in [0, 0.1) is 10.1 Å². The number of thioether (sulfide) groups is 1. The molecule has 0 spiro atoms. The minimum absolute atomic E-state index is 0.120. The van der Waals surface area contributed by atoms with Gasteiger partial charge in [-0.15, -0.1) is 10.2 Å². The highest BCUT2D eigenvalue weighted by molar-refractivity contribution is 8.00. The number of nitro groups is 1. The van der Waals surface area contributed by atoms with E-state index < -0.39 is 10.2 Å². The van der Waals surface area contributed by atoms with Gasteiger partial charge < -0.3 is 9.88 Å². The molecule has 142 valence electrons. The van der Waals surface area contributed by atoms with Crippen molar-refractivity contribution >= 4 is 40.6 Å². The van der Waals surface area contributed by atoms with Gasteiger partial charge in [0.2, 0.25) is 5.91 Å². The Morgan fingerprint density at radius 1 is 1.37 bits per heavy atom. The number of hydrogen-bond acceptors (Lipinski definition) is 6. The number of rotatable bonds is 7. The summed E-state index contributed by atoms with van der Waals surface area (Å²) in [6, 6.07) is 4.43. The third-order valence-electron chi connectivity index (χ3n) is 4.62. The first kappa shape index (κ1) is 18.2. The number of carbonyl (C=O) groups is 1. The minimum atomic E-state index is -0.530. The molecule has 1 heterocycles. The average Bonchev–Trinajstić information content (AvgIpc) is 3.55. The summed E-state index contributed by atoms with van der Waals surface area (Å²) in [6.07, 6.45) is 4.57. The van der Waals surface area contributed by atoms with Crippen molar-refractivity contribution in [3.8, 4) is 0 Å². The van der Waals surface area contributed by atoms with Crippen LogP contribution in [0.15, 0.2) is 23.4 Å². The predicted octanol–water partition coefficient (Wildman–Crippen LogP) is 4.17. The molecule has 1 unspecified atom stereocenters. The molecule has 2 saturated carbocycles. The van der Waals surface area contributed by atoms with Crippen LogP contribution in [-0.4, -0.2) is 30.8 Å². The van der Waals surface area contributed by atoms with Crippen molar-refractivity contribution in [2.24, 2.45) is 0 Å². The maximum absolute atomic E-state index is 12.6. The molecule has 1 N–H and O–H groups in total. The lowest BCUT2D eigenvalue weighted by molar-refractivity contribution is -0.384. The van der Waals surface area contributed by atoms with E-state index >= 15 is 0 Å². The van der Waals surface area contributed by atoms with Gasteiger partial charge in [-0.2, -0.15) is 0 Å². The number of benzene rings is 1. The second-order valence-electron chi connectivity index (χ2n) is 6.89. The Balaban J connectivity index is 1.45. The zero-order chi connectivity index (χ0) is 19.1. The summed E-state index contributed by atoms with van der Waals surface area (Å²) in [7, 11) is 0. The summed E-state index contributed by atoms with van der Waals surface area (Å²) in [5.41, 5.74) is 0.229. The first-order chi connectivity index (χ1) is 12.9. The fourth-order valence-corrected chi connectivity index (χ4v) is 3.98. The Labute approximate surface area is 164 Å². The summed E-state index contributed by atoms with van der Waals surface area (Å²) in [5, 5.41) is 22.7. The Morgan fingerprint density at radius 2 is 2.11 bits per heavy atom. The zero-order valence-corrected chi connectivity index (χ0v) is 16.2. The van der Waals surface area contributed by atoms with Crippen LogP contribution in [0.25, 0.3) is 0 Å². The standard InChI is InChI=1S/C17H18ClN5O3S/c1-9(16(24)19-14-7-6-12(23(25)26)8-13(14)18)27-17-21-20-15(10-2-3-10)22(17)11-4-5-11/h6-11H,2-5H2,1H3,(H,19,24). The summed E-state index contributed by atoms with van der Waals surface area (Å²) in [6.45, 7) is 1.79. The van der Waals surface area contributed by atoms with Gasteiger partial charge in [-0.25, -0.2) is 0 Å². The highest BCUT2D eigenvalue weighted by Gasteiger charge is 2.37. The zero-order valence-electron chi connectivity index (χ0n) is 14.6. The Kier molecular flexibility index (Phi) is 4.81. The topological polar surface area (TPSA) is 103 Å². The van der Waals surface area contributed by atoms with E-state index in [-0.39, 0.29) is 16.6 Å². The smallest absolute Gasteiger partial charge is 0.271 e. The van der Waals surface area contributed by atoms with Crippen molar-refractivity contribution in [1.29, 1.82) is 0 Å². The molecular weight excluding hydrogens is 390 g/mol. The number of non-ortho nitro benzene ring substituents is 1. The second kappa shape index (κ2) is 7.12. The molecule has 0 saturated heterocycles. The normalized spacial score (nSPS) is 17.6. The van der Waals surface area contributed by atoms with Gasteiger partial charge in [0.05, 0.1) is 20.9 Å². The van der Waals surface area contributed by atoms with Crippen LogP contribution in [0.2, 0.25) is 5.02 Å².